The average molecular weight is 356 g/mol. The van der Waals surface area contributed by atoms with Crippen molar-refractivity contribution in [1.29, 1.82) is 0 Å². The van der Waals surface area contributed by atoms with E-state index in [1.54, 1.807) is 6.26 Å². The topological polar surface area (TPSA) is 37.9 Å². The van der Waals surface area contributed by atoms with Crippen LogP contribution in [-0.2, 0) is 6.54 Å². The molecule has 1 aliphatic rings. The third-order valence-corrected chi connectivity index (χ3v) is 5.11. The smallest absolute Gasteiger partial charge is 0.201 e. The number of hydrogen-bond donors (Lipinski definition) is 1. The predicted molar refractivity (Wildman–Crippen MR) is 101 cm³/mol. The van der Waals surface area contributed by atoms with E-state index in [1.165, 1.54) is 10.6 Å². The maximum Gasteiger partial charge on any atom is 0.201 e. The van der Waals surface area contributed by atoms with Crippen LogP contribution in [-0.4, -0.2) is 26.2 Å². The molecule has 0 atom stereocenters. The molecule has 5 heteroatoms. The first-order valence-corrected chi connectivity index (χ1v) is 8.92. The quantitative estimate of drug-likeness (QED) is 0.783. The number of para-hydroxylation sites is 1. The zero-order chi connectivity index (χ0) is 17.2. The van der Waals surface area contributed by atoms with Crippen molar-refractivity contribution >= 4 is 28.3 Å². The summed E-state index contributed by atoms with van der Waals surface area (Å²) in [4.78, 5) is 16.4. The summed E-state index contributed by atoms with van der Waals surface area (Å²) in [5.74, 6) is 0. The minimum absolute atomic E-state index is 0.0921. The Morgan fingerprint density at radius 2 is 1.76 bits per heavy atom. The van der Waals surface area contributed by atoms with Gasteiger partial charge in [0, 0.05) is 10.7 Å². The van der Waals surface area contributed by atoms with Crippen LogP contribution < -0.4 is 15.2 Å². The van der Waals surface area contributed by atoms with Gasteiger partial charge in [0.05, 0.1) is 37.1 Å². The summed E-state index contributed by atoms with van der Waals surface area (Å²) in [5, 5.41) is 1.43. The van der Waals surface area contributed by atoms with E-state index in [2.05, 4.69) is 17.0 Å². The number of rotatable bonds is 3. The Labute approximate surface area is 151 Å². The van der Waals surface area contributed by atoms with E-state index in [-0.39, 0.29) is 5.43 Å². The van der Waals surface area contributed by atoms with Gasteiger partial charge in [0.15, 0.2) is 0 Å². The molecule has 0 bridgehead atoms. The normalized spacial score (nSPS) is 15.6. The molecule has 0 radical (unpaired) electrons. The molecule has 1 aliphatic heterocycles. The minimum atomic E-state index is 0.0921. The van der Waals surface area contributed by atoms with Crippen LogP contribution in [0.3, 0.4) is 0 Å². The van der Waals surface area contributed by atoms with Gasteiger partial charge in [-0.05, 0) is 36.4 Å². The van der Waals surface area contributed by atoms with Gasteiger partial charge in [-0.25, -0.2) is 0 Å². The lowest BCUT2D eigenvalue weighted by Crippen LogP contribution is -3.13. The van der Waals surface area contributed by atoms with E-state index < -0.39 is 0 Å². The molecule has 4 nitrogen and oxygen atoms in total. The lowest BCUT2D eigenvalue weighted by Gasteiger charge is -2.33. The number of piperazine rings is 1. The third kappa shape index (κ3) is 3.41. The fourth-order valence-corrected chi connectivity index (χ4v) is 3.55. The highest BCUT2D eigenvalue weighted by atomic mass is 35.5. The van der Waals surface area contributed by atoms with Crippen LogP contribution in [0.15, 0.2) is 64.0 Å². The second-order valence-corrected chi connectivity index (χ2v) is 6.91. The van der Waals surface area contributed by atoms with Crippen LogP contribution in [0.2, 0.25) is 5.02 Å². The summed E-state index contributed by atoms with van der Waals surface area (Å²) in [7, 11) is 0. The fraction of sp³-hybridized carbons (Fsp3) is 0.250. The molecule has 2 heterocycles. The first kappa shape index (κ1) is 16.2. The van der Waals surface area contributed by atoms with Crippen molar-refractivity contribution in [3.8, 4) is 0 Å². The van der Waals surface area contributed by atoms with Gasteiger partial charge >= 0.3 is 0 Å². The SMILES string of the molecule is O=c1c(C[NH+]2CCN(c3ccc(Cl)cc3)CC2)coc2ccccc12. The van der Waals surface area contributed by atoms with E-state index >= 15 is 0 Å². The molecule has 4 rings (SSSR count). The number of quaternary nitrogens is 1. The van der Waals surface area contributed by atoms with Crippen molar-refractivity contribution in [2.24, 2.45) is 0 Å². The van der Waals surface area contributed by atoms with E-state index in [9.17, 15) is 4.79 Å². The molecule has 1 aromatic heterocycles. The van der Waals surface area contributed by atoms with Crippen molar-refractivity contribution in [2.75, 3.05) is 31.1 Å². The lowest BCUT2D eigenvalue weighted by atomic mass is 10.1. The van der Waals surface area contributed by atoms with Crippen molar-refractivity contribution in [3.05, 3.63) is 75.6 Å². The zero-order valence-electron chi connectivity index (χ0n) is 13.9. The first-order chi connectivity index (χ1) is 12.2. The molecule has 2 aromatic carbocycles. The lowest BCUT2D eigenvalue weighted by molar-refractivity contribution is -0.914. The molecule has 1 N–H and O–H groups in total. The summed E-state index contributed by atoms with van der Waals surface area (Å²) < 4.78 is 5.63. The Bertz CT molecular complexity index is 928. The molecular weight excluding hydrogens is 336 g/mol. The van der Waals surface area contributed by atoms with E-state index in [1.807, 2.05) is 36.4 Å². The fourth-order valence-electron chi connectivity index (χ4n) is 3.42. The van der Waals surface area contributed by atoms with Gasteiger partial charge in [-0.2, -0.15) is 0 Å². The van der Waals surface area contributed by atoms with Crippen LogP contribution in [0.1, 0.15) is 5.56 Å². The summed E-state index contributed by atoms with van der Waals surface area (Å²) in [6.07, 6.45) is 1.63. The molecule has 0 amide bonds. The van der Waals surface area contributed by atoms with Crippen molar-refractivity contribution < 1.29 is 9.32 Å². The largest absolute Gasteiger partial charge is 0.464 e. The monoisotopic (exact) mass is 355 g/mol. The molecule has 1 fully saturated rings. The van der Waals surface area contributed by atoms with Gasteiger partial charge in [-0.3, -0.25) is 4.79 Å². The summed E-state index contributed by atoms with van der Waals surface area (Å²) >= 11 is 5.96. The van der Waals surface area contributed by atoms with E-state index in [4.69, 9.17) is 16.0 Å². The average Bonchev–Trinajstić information content (AvgIpc) is 2.66. The molecule has 0 unspecified atom stereocenters. The van der Waals surface area contributed by atoms with Crippen molar-refractivity contribution in [3.63, 3.8) is 0 Å². The molecule has 1 saturated heterocycles. The molecule has 128 valence electrons. The Morgan fingerprint density at radius 3 is 2.52 bits per heavy atom. The number of nitrogens with one attached hydrogen (secondary N) is 1. The number of halogens is 1. The van der Waals surface area contributed by atoms with Gasteiger partial charge in [0.1, 0.15) is 18.4 Å². The minimum Gasteiger partial charge on any atom is -0.464 e. The van der Waals surface area contributed by atoms with E-state index in [0.717, 1.165) is 36.8 Å². The van der Waals surface area contributed by atoms with Crippen molar-refractivity contribution in [2.45, 2.75) is 6.54 Å². The Balaban J connectivity index is 1.44. The molecule has 0 spiro atoms. The standard InChI is InChI=1S/C20H19ClN2O2/c21-16-5-7-17(8-6-16)23-11-9-22(10-12-23)13-15-14-25-19-4-2-1-3-18(19)20(15)24/h1-8,14H,9-13H2/p+1. The van der Waals surface area contributed by atoms with Gasteiger partial charge < -0.3 is 14.2 Å². The number of hydrogen-bond acceptors (Lipinski definition) is 3. The number of nitrogens with zero attached hydrogens (tertiary/aromatic N) is 1. The highest BCUT2D eigenvalue weighted by Gasteiger charge is 2.22. The molecule has 3 aromatic rings. The summed E-state index contributed by atoms with van der Waals surface area (Å²) in [6.45, 7) is 4.64. The highest BCUT2D eigenvalue weighted by Crippen LogP contribution is 2.17. The van der Waals surface area contributed by atoms with E-state index in [0.29, 0.717) is 17.5 Å². The van der Waals surface area contributed by atoms with Gasteiger partial charge in [0.25, 0.3) is 0 Å². The summed E-state index contributed by atoms with van der Waals surface area (Å²) in [6, 6.07) is 15.4. The second-order valence-electron chi connectivity index (χ2n) is 6.48. The third-order valence-electron chi connectivity index (χ3n) is 4.85. The Kier molecular flexibility index (Phi) is 4.47. The molecule has 25 heavy (non-hydrogen) atoms. The highest BCUT2D eigenvalue weighted by molar-refractivity contribution is 6.30. The number of fused-ring (bicyclic) bond motifs is 1. The molecule has 0 saturated carbocycles. The maximum atomic E-state index is 12.6. The zero-order valence-corrected chi connectivity index (χ0v) is 14.6. The molecule has 0 aliphatic carbocycles. The Morgan fingerprint density at radius 1 is 1.04 bits per heavy atom. The second kappa shape index (κ2) is 6.90. The van der Waals surface area contributed by atoms with Gasteiger partial charge in [-0.1, -0.05) is 23.7 Å². The number of anilines is 1. The van der Waals surface area contributed by atoms with Crippen LogP contribution in [0.5, 0.6) is 0 Å². The van der Waals surface area contributed by atoms with Crippen LogP contribution in [0, 0.1) is 0 Å². The van der Waals surface area contributed by atoms with Gasteiger partial charge in [-0.15, -0.1) is 0 Å². The van der Waals surface area contributed by atoms with Crippen molar-refractivity contribution in [1.82, 2.24) is 0 Å². The first-order valence-electron chi connectivity index (χ1n) is 8.54. The molecular formula is C20H20ClN2O2+. The van der Waals surface area contributed by atoms with Gasteiger partial charge in [0.2, 0.25) is 5.43 Å². The van der Waals surface area contributed by atoms with Crippen LogP contribution in [0.25, 0.3) is 11.0 Å². The van der Waals surface area contributed by atoms with Crippen LogP contribution in [0.4, 0.5) is 5.69 Å². The number of benzene rings is 2. The maximum absolute atomic E-state index is 12.6. The predicted octanol–water partition coefficient (Wildman–Crippen LogP) is 2.35. The Hall–Kier alpha value is -2.30. The van der Waals surface area contributed by atoms with Crippen LogP contribution >= 0.6 is 11.6 Å². The summed E-state index contributed by atoms with van der Waals surface area (Å²) in [5.41, 5.74) is 2.70.